The summed E-state index contributed by atoms with van der Waals surface area (Å²) >= 11 is 0.371. The molecule has 2 aromatic carbocycles. The van der Waals surface area contributed by atoms with E-state index in [1.807, 2.05) is 0 Å². The standard InChI is InChI=1S/C14H9F5O2S/c1-20-6-3-4-8(7(5-6)21-2)22-14-12(18)10(16)9(15)11(17)13(14)19/h3-5H,1-2H3. The molecule has 8 heteroatoms. The number of ether oxygens (including phenoxy) is 2. The number of hydrogen-bond acceptors (Lipinski definition) is 3. The second-order valence-corrected chi connectivity index (χ2v) is 5.07. The highest BCUT2D eigenvalue weighted by molar-refractivity contribution is 7.99. The lowest BCUT2D eigenvalue weighted by atomic mass is 10.3. The second-order valence-electron chi connectivity index (χ2n) is 4.02. The van der Waals surface area contributed by atoms with Crippen LogP contribution in [0.25, 0.3) is 0 Å². The molecule has 2 nitrogen and oxygen atoms in total. The molecular weight excluding hydrogens is 327 g/mol. The molecule has 0 saturated carbocycles. The maximum atomic E-state index is 13.7. The molecule has 0 amide bonds. The lowest BCUT2D eigenvalue weighted by Crippen LogP contribution is -2.03. The van der Waals surface area contributed by atoms with Gasteiger partial charge in [0.05, 0.1) is 24.0 Å². The van der Waals surface area contributed by atoms with Crippen molar-refractivity contribution >= 4 is 11.8 Å². The molecule has 0 N–H and O–H groups in total. The number of methoxy groups -OCH3 is 2. The van der Waals surface area contributed by atoms with Crippen LogP contribution in [0.3, 0.4) is 0 Å². The van der Waals surface area contributed by atoms with E-state index in [4.69, 9.17) is 9.47 Å². The molecular formula is C14H9F5O2S. The maximum Gasteiger partial charge on any atom is 0.200 e. The van der Waals surface area contributed by atoms with E-state index in [1.165, 1.54) is 32.4 Å². The minimum atomic E-state index is -2.19. The minimum absolute atomic E-state index is 0.173. The van der Waals surface area contributed by atoms with Crippen molar-refractivity contribution in [2.24, 2.45) is 0 Å². The zero-order valence-corrected chi connectivity index (χ0v) is 12.2. The van der Waals surface area contributed by atoms with Gasteiger partial charge in [-0.1, -0.05) is 11.8 Å². The van der Waals surface area contributed by atoms with Crippen molar-refractivity contribution in [2.45, 2.75) is 9.79 Å². The molecule has 0 aliphatic heterocycles. The third-order valence-electron chi connectivity index (χ3n) is 2.75. The third-order valence-corrected chi connectivity index (χ3v) is 3.87. The van der Waals surface area contributed by atoms with Crippen molar-refractivity contribution in [3.05, 3.63) is 47.3 Å². The molecule has 0 aliphatic rings. The van der Waals surface area contributed by atoms with Gasteiger partial charge in [0.25, 0.3) is 0 Å². The molecule has 0 bridgehead atoms. The summed E-state index contributed by atoms with van der Waals surface area (Å²) in [7, 11) is 2.71. The Morgan fingerprint density at radius 3 is 1.82 bits per heavy atom. The molecule has 0 aliphatic carbocycles. The van der Waals surface area contributed by atoms with Crippen molar-refractivity contribution in [1.82, 2.24) is 0 Å². The molecule has 0 heterocycles. The van der Waals surface area contributed by atoms with Gasteiger partial charge in [0.15, 0.2) is 23.3 Å². The molecule has 0 saturated heterocycles. The van der Waals surface area contributed by atoms with Crippen LogP contribution in [-0.4, -0.2) is 14.2 Å². The monoisotopic (exact) mass is 336 g/mol. The summed E-state index contributed by atoms with van der Waals surface area (Å²) in [6.07, 6.45) is 0. The summed E-state index contributed by atoms with van der Waals surface area (Å²) in [4.78, 5) is -0.827. The van der Waals surface area contributed by atoms with Gasteiger partial charge in [0, 0.05) is 6.07 Å². The summed E-state index contributed by atoms with van der Waals surface area (Å²) in [6, 6.07) is 4.28. The fourth-order valence-electron chi connectivity index (χ4n) is 1.64. The Hall–Kier alpha value is -1.96. The van der Waals surface area contributed by atoms with Crippen molar-refractivity contribution in [3.63, 3.8) is 0 Å². The average Bonchev–Trinajstić information content (AvgIpc) is 2.55. The highest BCUT2D eigenvalue weighted by atomic mass is 32.2. The third kappa shape index (κ3) is 2.83. The van der Waals surface area contributed by atoms with Crippen LogP contribution in [0.1, 0.15) is 0 Å². The summed E-state index contributed by atoms with van der Waals surface area (Å²) in [5.41, 5.74) is 0. The molecule has 22 heavy (non-hydrogen) atoms. The van der Waals surface area contributed by atoms with Gasteiger partial charge in [0.1, 0.15) is 11.5 Å². The Bertz CT molecular complexity index is 692. The molecule has 0 radical (unpaired) electrons. The first-order valence-electron chi connectivity index (χ1n) is 5.82. The maximum absolute atomic E-state index is 13.7. The molecule has 2 aromatic rings. The highest BCUT2D eigenvalue weighted by Gasteiger charge is 2.27. The lowest BCUT2D eigenvalue weighted by molar-refractivity contribution is 0.360. The zero-order chi connectivity index (χ0) is 16.4. The van der Waals surface area contributed by atoms with E-state index in [0.29, 0.717) is 17.5 Å². The topological polar surface area (TPSA) is 18.5 Å². The fraction of sp³-hybridized carbons (Fsp3) is 0.143. The highest BCUT2D eigenvalue weighted by Crippen LogP contribution is 2.40. The van der Waals surface area contributed by atoms with E-state index in [1.54, 1.807) is 0 Å². The summed E-state index contributed by atoms with van der Waals surface area (Å²) in [6.45, 7) is 0. The van der Waals surface area contributed by atoms with Gasteiger partial charge in [-0.3, -0.25) is 0 Å². The van der Waals surface area contributed by atoms with Gasteiger partial charge < -0.3 is 9.47 Å². The van der Waals surface area contributed by atoms with E-state index in [2.05, 4.69) is 0 Å². The van der Waals surface area contributed by atoms with E-state index in [-0.39, 0.29) is 10.6 Å². The Morgan fingerprint density at radius 2 is 1.32 bits per heavy atom. The largest absolute Gasteiger partial charge is 0.497 e. The molecule has 0 atom stereocenters. The summed E-state index contributed by atoms with van der Waals surface area (Å²) < 4.78 is 76.7. The minimum Gasteiger partial charge on any atom is -0.497 e. The van der Waals surface area contributed by atoms with E-state index >= 15 is 0 Å². The van der Waals surface area contributed by atoms with Crippen LogP contribution < -0.4 is 9.47 Å². The lowest BCUT2D eigenvalue weighted by Gasteiger charge is -2.12. The normalized spacial score (nSPS) is 10.7. The SMILES string of the molecule is COc1ccc(Sc2c(F)c(F)c(F)c(F)c2F)c(OC)c1. The van der Waals surface area contributed by atoms with Crippen LogP contribution in [0.15, 0.2) is 28.0 Å². The van der Waals surface area contributed by atoms with Gasteiger partial charge in [-0.2, -0.15) is 0 Å². The first-order chi connectivity index (χ1) is 10.4. The first kappa shape index (κ1) is 16.4. The first-order valence-corrected chi connectivity index (χ1v) is 6.63. The number of rotatable bonds is 4. The van der Waals surface area contributed by atoms with Crippen molar-refractivity contribution in [1.29, 1.82) is 0 Å². The Labute approximate surface area is 126 Å². The number of benzene rings is 2. The Morgan fingerprint density at radius 1 is 0.773 bits per heavy atom. The van der Waals surface area contributed by atoms with Crippen molar-refractivity contribution in [3.8, 4) is 11.5 Å². The van der Waals surface area contributed by atoms with Gasteiger partial charge in [-0.05, 0) is 12.1 Å². The second kappa shape index (κ2) is 6.43. The van der Waals surface area contributed by atoms with Crippen molar-refractivity contribution < 1.29 is 31.4 Å². The molecule has 2 rings (SSSR count). The average molecular weight is 336 g/mol. The zero-order valence-electron chi connectivity index (χ0n) is 11.3. The summed E-state index contributed by atoms with van der Waals surface area (Å²) in [5, 5.41) is 0. The van der Waals surface area contributed by atoms with Crippen LogP contribution in [-0.2, 0) is 0 Å². The number of halogens is 5. The molecule has 0 spiro atoms. The van der Waals surface area contributed by atoms with Crippen LogP contribution in [0.2, 0.25) is 0 Å². The van der Waals surface area contributed by atoms with Gasteiger partial charge in [-0.15, -0.1) is 0 Å². The van der Waals surface area contributed by atoms with Gasteiger partial charge >= 0.3 is 0 Å². The van der Waals surface area contributed by atoms with E-state index in [0.717, 1.165) is 0 Å². The molecule has 118 valence electrons. The quantitative estimate of drug-likeness (QED) is 0.464. The molecule has 0 unspecified atom stereocenters. The predicted octanol–water partition coefficient (Wildman–Crippen LogP) is 4.55. The molecule has 0 aromatic heterocycles. The van der Waals surface area contributed by atoms with E-state index in [9.17, 15) is 22.0 Å². The van der Waals surface area contributed by atoms with Crippen molar-refractivity contribution in [2.75, 3.05) is 14.2 Å². The van der Waals surface area contributed by atoms with Crippen LogP contribution in [0.4, 0.5) is 22.0 Å². The predicted molar refractivity (Wildman–Crippen MR) is 69.9 cm³/mol. The van der Waals surface area contributed by atoms with E-state index < -0.39 is 34.0 Å². The smallest absolute Gasteiger partial charge is 0.200 e. The number of hydrogen-bond donors (Lipinski definition) is 0. The van der Waals surface area contributed by atoms with Crippen LogP contribution >= 0.6 is 11.8 Å². The van der Waals surface area contributed by atoms with Gasteiger partial charge in [0.2, 0.25) is 5.82 Å². The Kier molecular flexibility index (Phi) is 4.80. The Balaban J connectivity index is 2.52. The molecule has 0 fully saturated rings. The van der Waals surface area contributed by atoms with Crippen LogP contribution in [0, 0.1) is 29.1 Å². The fourth-order valence-corrected chi connectivity index (χ4v) is 2.60. The summed E-state index contributed by atoms with van der Waals surface area (Å²) in [5.74, 6) is -9.37. The van der Waals surface area contributed by atoms with Gasteiger partial charge in [-0.25, -0.2) is 22.0 Å². The van der Waals surface area contributed by atoms with Crippen LogP contribution in [0.5, 0.6) is 11.5 Å².